The maximum Gasteiger partial charge on any atom is 0.260 e. The normalized spacial score (nSPS) is 22.8. The van der Waals surface area contributed by atoms with E-state index >= 15 is 0 Å². The molecular formula is C10H17N3O3S. The fraction of sp³-hybridized carbons (Fsp3) is 0.700. The summed E-state index contributed by atoms with van der Waals surface area (Å²) in [6.45, 7) is 2.53. The number of hydrogen-bond donors (Lipinski definition) is 2. The number of hydrogen-bond acceptors (Lipinski definition) is 4. The van der Waals surface area contributed by atoms with Crippen molar-refractivity contribution in [3.05, 3.63) is 12.0 Å². The first kappa shape index (κ1) is 12.5. The van der Waals surface area contributed by atoms with Crippen molar-refractivity contribution in [3.8, 4) is 0 Å². The van der Waals surface area contributed by atoms with Crippen LogP contribution < -0.4 is 0 Å². The third-order valence-corrected chi connectivity index (χ3v) is 4.69. The molecule has 0 radical (unpaired) electrons. The van der Waals surface area contributed by atoms with E-state index in [4.69, 9.17) is 0 Å². The highest BCUT2D eigenvalue weighted by Gasteiger charge is 2.30. The van der Waals surface area contributed by atoms with Crippen molar-refractivity contribution < 1.29 is 13.5 Å². The first-order chi connectivity index (χ1) is 8.04. The molecule has 2 heterocycles. The van der Waals surface area contributed by atoms with E-state index in [0.29, 0.717) is 31.6 Å². The smallest absolute Gasteiger partial charge is 0.260 e. The van der Waals surface area contributed by atoms with Gasteiger partial charge in [-0.05, 0) is 12.8 Å². The number of β-amino-alcohol motifs (C(OH)–C–C–N with tert-alkyl or cyclic N) is 1. The van der Waals surface area contributed by atoms with E-state index in [2.05, 4.69) is 9.97 Å². The van der Waals surface area contributed by atoms with E-state index < -0.39 is 16.1 Å². The molecule has 2 rings (SSSR count). The molecule has 0 aliphatic carbocycles. The highest BCUT2D eigenvalue weighted by molar-refractivity contribution is 7.89. The van der Waals surface area contributed by atoms with Gasteiger partial charge in [0.25, 0.3) is 10.0 Å². The molecule has 1 saturated heterocycles. The van der Waals surface area contributed by atoms with Crippen molar-refractivity contribution in [1.29, 1.82) is 0 Å². The zero-order valence-corrected chi connectivity index (χ0v) is 10.6. The number of imidazole rings is 1. The van der Waals surface area contributed by atoms with Gasteiger partial charge in [0.2, 0.25) is 0 Å². The van der Waals surface area contributed by atoms with Gasteiger partial charge in [-0.2, -0.15) is 4.31 Å². The van der Waals surface area contributed by atoms with Gasteiger partial charge in [-0.15, -0.1) is 0 Å². The van der Waals surface area contributed by atoms with Gasteiger partial charge in [0.15, 0.2) is 5.03 Å². The summed E-state index contributed by atoms with van der Waals surface area (Å²) in [6, 6.07) is 0. The Hall–Kier alpha value is -0.920. The molecule has 0 bridgehead atoms. The Bertz CT molecular complexity index is 483. The van der Waals surface area contributed by atoms with Crippen molar-refractivity contribution >= 4 is 10.0 Å². The Morgan fingerprint density at radius 2 is 2.41 bits per heavy atom. The van der Waals surface area contributed by atoms with Gasteiger partial charge in [0, 0.05) is 19.5 Å². The minimum Gasteiger partial charge on any atom is -0.392 e. The number of aliphatic hydroxyl groups excluding tert-OH is 1. The molecule has 1 fully saturated rings. The van der Waals surface area contributed by atoms with Crippen molar-refractivity contribution in [3.63, 3.8) is 0 Å². The number of H-pyrrole nitrogens is 1. The van der Waals surface area contributed by atoms with Gasteiger partial charge in [0.05, 0.1) is 12.3 Å². The van der Waals surface area contributed by atoms with Crippen molar-refractivity contribution in [1.82, 2.24) is 14.3 Å². The van der Waals surface area contributed by atoms with Crippen LogP contribution in [0.4, 0.5) is 0 Å². The Balaban J connectivity index is 2.23. The Morgan fingerprint density at radius 3 is 3.00 bits per heavy atom. The molecule has 1 aliphatic heterocycles. The number of aromatic amines is 1. The minimum absolute atomic E-state index is 0.114. The third-order valence-electron chi connectivity index (χ3n) is 2.92. The predicted octanol–water partition coefficient (Wildman–Crippen LogP) is 0.118. The summed E-state index contributed by atoms with van der Waals surface area (Å²) in [7, 11) is -3.53. The maximum absolute atomic E-state index is 12.2. The molecular weight excluding hydrogens is 242 g/mol. The second kappa shape index (κ2) is 4.75. The number of nitrogens with one attached hydrogen (secondary N) is 1. The average Bonchev–Trinajstić information content (AvgIpc) is 2.78. The summed E-state index contributed by atoms with van der Waals surface area (Å²) < 4.78 is 25.7. The standard InChI is InChI=1S/C10H17N3O3S/c1-2-9-11-6-10(12-9)17(15,16)13-5-3-4-8(14)7-13/h6,8,14H,2-5,7H2,1H3,(H,11,12). The summed E-state index contributed by atoms with van der Waals surface area (Å²) in [6.07, 6.45) is 2.80. The van der Waals surface area contributed by atoms with Crippen LogP contribution in [0.25, 0.3) is 0 Å². The van der Waals surface area contributed by atoms with Crippen LogP contribution in [0.2, 0.25) is 0 Å². The zero-order chi connectivity index (χ0) is 12.5. The first-order valence-electron chi connectivity index (χ1n) is 5.76. The summed E-state index contributed by atoms with van der Waals surface area (Å²) in [5.74, 6) is 0.654. The van der Waals surface area contributed by atoms with Gasteiger partial charge in [0.1, 0.15) is 5.82 Å². The number of rotatable bonds is 3. The molecule has 17 heavy (non-hydrogen) atoms. The summed E-state index contributed by atoms with van der Waals surface area (Å²) in [5.41, 5.74) is 0. The van der Waals surface area contributed by atoms with Crippen LogP contribution in [0.5, 0.6) is 0 Å². The molecule has 6 nitrogen and oxygen atoms in total. The average molecular weight is 259 g/mol. The van der Waals surface area contributed by atoms with Crippen molar-refractivity contribution in [2.45, 2.75) is 37.3 Å². The lowest BCUT2D eigenvalue weighted by Gasteiger charge is -2.28. The molecule has 96 valence electrons. The monoisotopic (exact) mass is 259 g/mol. The van der Waals surface area contributed by atoms with Crippen LogP contribution >= 0.6 is 0 Å². The van der Waals surface area contributed by atoms with E-state index in [9.17, 15) is 13.5 Å². The van der Waals surface area contributed by atoms with E-state index in [0.717, 1.165) is 0 Å². The highest BCUT2D eigenvalue weighted by atomic mass is 32.2. The topological polar surface area (TPSA) is 86.3 Å². The van der Waals surface area contributed by atoms with Crippen LogP contribution in [0.15, 0.2) is 11.2 Å². The molecule has 7 heteroatoms. The van der Waals surface area contributed by atoms with E-state index in [1.807, 2.05) is 6.92 Å². The summed E-state index contributed by atoms with van der Waals surface area (Å²) in [4.78, 5) is 6.78. The first-order valence-corrected chi connectivity index (χ1v) is 7.20. The number of aromatic nitrogens is 2. The molecule has 1 aromatic rings. The highest BCUT2D eigenvalue weighted by Crippen LogP contribution is 2.19. The quantitative estimate of drug-likeness (QED) is 0.807. The Labute approximate surface area is 101 Å². The lowest BCUT2D eigenvalue weighted by atomic mass is 10.1. The number of aliphatic hydroxyl groups is 1. The number of piperidine rings is 1. The zero-order valence-electron chi connectivity index (χ0n) is 9.76. The van der Waals surface area contributed by atoms with Crippen molar-refractivity contribution in [2.24, 2.45) is 0 Å². The molecule has 0 saturated carbocycles. The second-order valence-electron chi connectivity index (χ2n) is 4.21. The molecule has 1 atom stereocenters. The minimum atomic E-state index is -3.53. The van der Waals surface area contributed by atoms with Crippen LogP contribution in [0, 0.1) is 0 Å². The van der Waals surface area contributed by atoms with Crippen LogP contribution in [-0.2, 0) is 16.4 Å². The molecule has 0 spiro atoms. The molecule has 1 aliphatic rings. The summed E-state index contributed by atoms with van der Waals surface area (Å²) in [5, 5.41) is 9.62. The van der Waals surface area contributed by atoms with E-state index in [-0.39, 0.29) is 11.6 Å². The van der Waals surface area contributed by atoms with Crippen molar-refractivity contribution in [2.75, 3.05) is 13.1 Å². The SMILES string of the molecule is CCc1ncc(S(=O)(=O)N2CCCC(O)C2)[nH]1. The van der Waals surface area contributed by atoms with Gasteiger partial charge >= 0.3 is 0 Å². The predicted molar refractivity (Wildman–Crippen MR) is 62.0 cm³/mol. The van der Waals surface area contributed by atoms with Crippen LogP contribution in [-0.4, -0.2) is 47.0 Å². The van der Waals surface area contributed by atoms with Crippen LogP contribution in [0.3, 0.4) is 0 Å². The Kier molecular flexibility index (Phi) is 3.50. The van der Waals surface area contributed by atoms with Gasteiger partial charge < -0.3 is 10.1 Å². The van der Waals surface area contributed by atoms with Gasteiger partial charge in [-0.25, -0.2) is 13.4 Å². The molecule has 0 amide bonds. The van der Waals surface area contributed by atoms with Crippen LogP contribution in [0.1, 0.15) is 25.6 Å². The molecule has 2 N–H and O–H groups in total. The van der Waals surface area contributed by atoms with E-state index in [1.165, 1.54) is 10.5 Å². The lowest BCUT2D eigenvalue weighted by molar-refractivity contribution is 0.108. The fourth-order valence-corrected chi connectivity index (χ4v) is 3.38. The molecule has 1 aromatic heterocycles. The Morgan fingerprint density at radius 1 is 1.65 bits per heavy atom. The molecule has 1 unspecified atom stereocenters. The largest absolute Gasteiger partial charge is 0.392 e. The second-order valence-corrected chi connectivity index (χ2v) is 6.11. The number of sulfonamides is 1. The fourth-order valence-electron chi connectivity index (χ4n) is 1.93. The summed E-state index contributed by atoms with van der Waals surface area (Å²) >= 11 is 0. The number of aryl methyl sites for hydroxylation is 1. The lowest BCUT2D eigenvalue weighted by Crippen LogP contribution is -2.42. The van der Waals surface area contributed by atoms with E-state index in [1.54, 1.807) is 0 Å². The van der Waals surface area contributed by atoms with Gasteiger partial charge in [-0.3, -0.25) is 0 Å². The number of nitrogens with zero attached hydrogens (tertiary/aromatic N) is 2. The maximum atomic E-state index is 12.2. The van der Waals surface area contributed by atoms with Gasteiger partial charge in [-0.1, -0.05) is 6.92 Å². The third kappa shape index (κ3) is 2.51. The molecule has 0 aromatic carbocycles.